The van der Waals surface area contributed by atoms with Crippen LogP contribution in [0, 0.1) is 13.8 Å². The fourth-order valence-corrected chi connectivity index (χ4v) is 4.87. The molecule has 3 rings (SSSR count). The van der Waals surface area contributed by atoms with Crippen molar-refractivity contribution in [1.29, 1.82) is 0 Å². The summed E-state index contributed by atoms with van der Waals surface area (Å²) in [6.07, 6.45) is 0. The Labute approximate surface area is 176 Å². The number of carbonyl (C=O) groups is 1. The van der Waals surface area contributed by atoms with Gasteiger partial charge in [0.1, 0.15) is 5.76 Å². The molecule has 1 N–H and O–H groups in total. The van der Waals surface area contributed by atoms with Gasteiger partial charge in [-0.05, 0) is 43.7 Å². The minimum absolute atomic E-state index is 0.155. The molecule has 158 valence electrons. The van der Waals surface area contributed by atoms with Crippen molar-refractivity contribution < 1.29 is 17.6 Å². The molecule has 0 aliphatic rings. The summed E-state index contributed by atoms with van der Waals surface area (Å²) in [7, 11) is -3.65. The second-order valence-corrected chi connectivity index (χ2v) is 8.72. The van der Waals surface area contributed by atoms with E-state index in [9.17, 15) is 13.2 Å². The monoisotopic (exact) mass is 427 g/mol. The van der Waals surface area contributed by atoms with Gasteiger partial charge in [-0.1, -0.05) is 38.1 Å². The second-order valence-electron chi connectivity index (χ2n) is 6.81. The molecule has 0 atom stereocenters. The van der Waals surface area contributed by atoms with Crippen molar-refractivity contribution in [3.63, 3.8) is 0 Å². The van der Waals surface area contributed by atoms with Gasteiger partial charge in [-0.2, -0.15) is 4.31 Å². The lowest BCUT2D eigenvalue weighted by molar-refractivity contribution is 0.102. The lowest BCUT2D eigenvalue weighted by Crippen LogP contribution is -2.31. The van der Waals surface area contributed by atoms with Crippen LogP contribution in [0.4, 0.5) is 5.69 Å². The fraction of sp³-hybridized carbons (Fsp3) is 0.273. The number of rotatable bonds is 7. The first-order valence-corrected chi connectivity index (χ1v) is 11.2. The molecule has 0 spiro atoms. The van der Waals surface area contributed by atoms with E-state index in [1.54, 1.807) is 39.8 Å². The summed E-state index contributed by atoms with van der Waals surface area (Å²) in [6, 6.07) is 14.1. The standard InChI is InChI=1S/C22H25N3O4S/c1-5-25(6-2)30(27,28)19-14-18(13-12-15(19)3)23-21(26)20-16(4)29-22(24-20)17-10-8-7-9-11-17/h7-14H,5-6H2,1-4H3,(H,23,26). The zero-order valence-electron chi connectivity index (χ0n) is 17.5. The Kier molecular flexibility index (Phi) is 6.38. The molecule has 0 saturated carbocycles. The predicted molar refractivity (Wildman–Crippen MR) is 116 cm³/mol. The van der Waals surface area contributed by atoms with Crippen LogP contribution in [0.15, 0.2) is 57.8 Å². The number of sulfonamides is 1. The van der Waals surface area contributed by atoms with E-state index in [1.807, 2.05) is 30.3 Å². The van der Waals surface area contributed by atoms with Gasteiger partial charge in [-0.3, -0.25) is 4.79 Å². The minimum atomic E-state index is -3.65. The van der Waals surface area contributed by atoms with E-state index in [2.05, 4.69) is 10.3 Å². The number of oxazole rings is 1. The molecule has 3 aromatic rings. The molecule has 7 nitrogen and oxygen atoms in total. The molecule has 30 heavy (non-hydrogen) atoms. The Balaban J connectivity index is 1.89. The molecule has 0 aliphatic carbocycles. The summed E-state index contributed by atoms with van der Waals surface area (Å²) >= 11 is 0. The van der Waals surface area contributed by atoms with Crippen molar-refractivity contribution >= 4 is 21.6 Å². The second kappa shape index (κ2) is 8.81. The molecule has 0 bridgehead atoms. The first-order valence-electron chi connectivity index (χ1n) is 9.73. The van der Waals surface area contributed by atoms with Gasteiger partial charge in [0.25, 0.3) is 5.91 Å². The van der Waals surface area contributed by atoms with E-state index in [0.29, 0.717) is 36.0 Å². The summed E-state index contributed by atoms with van der Waals surface area (Å²) in [5.41, 5.74) is 1.91. The molecule has 1 heterocycles. The van der Waals surface area contributed by atoms with Gasteiger partial charge >= 0.3 is 0 Å². The highest BCUT2D eigenvalue weighted by Crippen LogP contribution is 2.25. The third-order valence-electron chi connectivity index (χ3n) is 4.80. The average Bonchev–Trinajstić information content (AvgIpc) is 3.12. The van der Waals surface area contributed by atoms with Crippen molar-refractivity contribution in [2.45, 2.75) is 32.6 Å². The Bertz CT molecular complexity index is 1150. The molecular weight excluding hydrogens is 402 g/mol. The molecular formula is C22H25N3O4S. The molecule has 1 aromatic heterocycles. The lowest BCUT2D eigenvalue weighted by Gasteiger charge is -2.20. The first kappa shape index (κ1) is 21.7. The van der Waals surface area contributed by atoms with Crippen LogP contribution in [0.3, 0.4) is 0 Å². The predicted octanol–water partition coefficient (Wildman–Crippen LogP) is 4.24. The van der Waals surface area contributed by atoms with Crippen LogP contribution in [-0.2, 0) is 10.0 Å². The molecule has 0 aliphatic heterocycles. The van der Waals surface area contributed by atoms with E-state index < -0.39 is 15.9 Å². The lowest BCUT2D eigenvalue weighted by atomic mass is 10.2. The number of benzene rings is 2. The highest BCUT2D eigenvalue weighted by Gasteiger charge is 2.25. The minimum Gasteiger partial charge on any atom is -0.441 e. The van der Waals surface area contributed by atoms with Crippen molar-refractivity contribution in [2.24, 2.45) is 0 Å². The average molecular weight is 428 g/mol. The number of carbonyl (C=O) groups excluding carboxylic acids is 1. The molecule has 0 saturated heterocycles. The van der Waals surface area contributed by atoms with Gasteiger partial charge in [0, 0.05) is 24.3 Å². The summed E-state index contributed by atoms with van der Waals surface area (Å²) in [5, 5.41) is 2.73. The molecule has 2 aromatic carbocycles. The van der Waals surface area contributed by atoms with Crippen molar-refractivity contribution in [3.8, 4) is 11.5 Å². The zero-order chi connectivity index (χ0) is 21.9. The van der Waals surface area contributed by atoms with Gasteiger partial charge in [-0.15, -0.1) is 0 Å². The van der Waals surface area contributed by atoms with Crippen LogP contribution in [0.2, 0.25) is 0 Å². The number of hydrogen-bond acceptors (Lipinski definition) is 5. The zero-order valence-corrected chi connectivity index (χ0v) is 18.3. The van der Waals surface area contributed by atoms with Crippen molar-refractivity contribution in [3.05, 3.63) is 65.5 Å². The van der Waals surface area contributed by atoms with Gasteiger partial charge in [0.2, 0.25) is 15.9 Å². The van der Waals surface area contributed by atoms with Gasteiger partial charge in [-0.25, -0.2) is 13.4 Å². The van der Waals surface area contributed by atoms with E-state index in [-0.39, 0.29) is 10.6 Å². The topological polar surface area (TPSA) is 92.5 Å². The Morgan fingerprint density at radius 3 is 2.37 bits per heavy atom. The van der Waals surface area contributed by atoms with Crippen molar-refractivity contribution in [1.82, 2.24) is 9.29 Å². The van der Waals surface area contributed by atoms with E-state index in [0.717, 1.165) is 5.56 Å². The van der Waals surface area contributed by atoms with Crippen LogP contribution >= 0.6 is 0 Å². The van der Waals surface area contributed by atoms with Gasteiger partial charge in [0.05, 0.1) is 4.90 Å². The number of aromatic nitrogens is 1. The van der Waals surface area contributed by atoms with Crippen LogP contribution in [0.25, 0.3) is 11.5 Å². The maximum absolute atomic E-state index is 12.9. The fourth-order valence-electron chi connectivity index (χ4n) is 3.16. The summed E-state index contributed by atoms with van der Waals surface area (Å²) < 4.78 is 32.9. The summed E-state index contributed by atoms with van der Waals surface area (Å²) in [6.45, 7) is 7.72. The molecule has 0 unspecified atom stereocenters. The molecule has 0 fully saturated rings. The molecule has 0 radical (unpaired) electrons. The number of nitrogens with one attached hydrogen (secondary N) is 1. The highest BCUT2D eigenvalue weighted by molar-refractivity contribution is 7.89. The number of nitrogens with zero attached hydrogens (tertiary/aromatic N) is 2. The van der Waals surface area contributed by atoms with Crippen LogP contribution in [0.1, 0.15) is 35.7 Å². The third kappa shape index (κ3) is 4.29. The number of amides is 1. The van der Waals surface area contributed by atoms with Crippen LogP contribution in [0.5, 0.6) is 0 Å². The van der Waals surface area contributed by atoms with E-state index >= 15 is 0 Å². The van der Waals surface area contributed by atoms with E-state index in [4.69, 9.17) is 4.42 Å². The van der Waals surface area contributed by atoms with Gasteiger partial charge in [0.15, 0.2) is 5.69 Å². The molecule has 8 heteroatoms. The summed E-state index contributed by atoms with van der Waals surface area (Å²) in [4.78, 5) is 17.3. The Morgan fingerprint density at radius 1 is 1.07 bits per heavy atom. The first-order chi connectivity index (χ1) is 14.3. The summed E-state index contributed by atoms with van der Waals surface area (Å²) in [5.74, 6) is 0.273. The Hall–Kier alpha value is -2.97. The number of aryl methyl sites for hydroxylation is 2. The van der Waals surface area contributed by atoms with Gasteiger partial charge < -0.3 is 9.73 Å². The quantitative estimate of drug-likeness (QED) is 0.609. The van der Waals surface area contributed by atoms with Crippen molar-refractivity contribution in [2.75, 3.05) is 18.4 Å². The SMILES string of the molecule is CCN(CC)S(=O)(=O)c1cc(NC(=O)c2nc(-c3ccccc3)oc2C)ccc1C. The number of anilines is 1. The van der Waals surface area contributed by atoms with E-state index in [1.165, 1.54) is 10.4 Å². The number of hydrogen-bond donors (Lipinski definition) is 1. The normalized spacial score (nSPS) is 11.6. The smallest absolute Gasteiger partial charge is 0.277 e. The van der Waals surface area contributed by atoms with Crippen LogP contribution in [-0.4, -0.2) is 36.7 Å². The van der Waals surface area contributed by atoms with Crippen LogP contribution < -0.4 is 5.32 Å². The Morgan fingerprint density at radius 2 is 1.73 bits per heavy atom. The maximum atomic E-state index is 12.9. The highest BCUT2D eigenvalue weighted by atomic mass is 32.2. The maximum Gasteiger partial charge on any atom is 0.277 e. The molecule has 1 amide bonds. The third-order valence-corrected chi connectivity index (χ3v) is 6.99. The largest absolute Gasteiger partial charge is 0.441 e.